The number of rotatable bonds is 5. The van der Waals surface area contributed by atoms with Gasteiger partial charge in [0, 0.05) is 18.8 Å². The van der Waals surface area contributed by atoms with Crippen molar-refractivity contribution in [3.05, 3.63) is 0 Å². The van der Waals surface area contributed by atoms with Crippen LogP contribution in [0.25, 0.3) is 0 Å². The summed E-state index contributed by atoms with van der Waals surface area (Å²) in [7, 11) is -3.04. The van der Waals surface area contributed by atoms with E-state index in [-0.39, 0.29) is 11.3 Å². The first-order valence-corrected chi connectivity index (χ1v) is 9.69. The second-order valence-corrected chi connectivity index (χ2v) is 10.1. The molecule has 0 saturated heterocycles. The number of carbonyl (C=O) groups is 1. The number of hydrogen-bond acceptors (Lipinski definition) is 5. The van der Waals surface area contributed by atoms with Crippen molar-refractivity contribution in [2.24, 2.45) is 0 Å². The van der Waals surface area contributed by atoms with Crippen molar-refractivity contribution >= 4 is 15.9 Å². The van der Waals surface area contributed by atoms with Crippen LogP contribution < -0.4 is 10.6 Å². The largest absolute Gasteiger partial charge is 0.444 e. The van der Waals surface area contributed by atoms with E-state index in [2.05, 4.69) is 10.6 Å². The number of hydrogen-bond donors (Lipinski definition) is 2. The van der Waals surface area contributed by atoms with Crippen molar-refractivity contribution in [1.29, 1.82) is 0 Å². The normalized spacial score (nSPS) is 23.4. The van der Waals surface area contributed by atoms with E-state index in [1.54, 1.807) is 0 Å². The first-order chi connectivity index (χ1) is 9.80. The van der Waals surface area contributed by atoms with Crippen molar-refractivity contribution in [1.82, 2.24) is 10.6 Å². The number of amides is 1. The monoisotopic (exact) mass is 334 g/mol. The van der Waals surface area contributed by atoms with Crippen molar-refractivity contribution in [3.63, 3.8) is 0 Å². The smallest absolute Gasteiger partial charge is 0.408 e. The topological polar surface area (TPSA) is 84.5 Å². The second kappa shape index (κ2) is 6.74. The molecule has 0 aromatic rings. The highest BCUT2D eigenvalue weighted by molar-refractivity contribution is 7.91. The molecule has 0 aromatic carbocycles. The van der Waals surface area contributed by atoms with Crippen LogP contribution in [0.1, 0.15) is 53.9 Å². The van der Waals surface area contributed by atoms with Crippen LogP contribution in [0.3, 0.4) is 0 Å². The van der Waals surface area contributed by atoms with Crippen LogP contribution in [-0.2, 0) is 14.6 Å². The van der Waals surface area contributed by atoms with Gasteiger partial charge in [-0.05, 0) is 47.5 Å². The zero-order valence-corrected chi connectivity index (χ0v) is 15.3. The third-order valence-corrected chi connectivity index (χ3v) is 5.31. The zero-order chi connectivity index (χ0) is 17.2. The molecule has 0 heterocycles. The van der Waals surface area contributed by atoms with E-state index < -0.39 is 27.1 Å². The minimum Gasteiger partial charge on any atom is -0.444 e. The molecule has 1 aliphatic rings. The maximum atomic E-state index is 11.8. The van der Waals surface area contributed by atoms with Crippen LogP contribution >= 0.6 is 0 Å². The van der Waals surface area contributed by atoms with E-state index in [4.69, 9.17) is 4.74 Å². The van der Waals surface area contributed by atoms with E-state index in [0.717, 1.165) is 12.8 Å². The summed E-state index contributed by atoms with van der Waals surface area (Å²) >= 11 is 0. The van der Waals surface area contributed by atoms with Crippen LogP contribution in [0, 0.1) is 0 Å². The lowest BCUT2D eigenvalue weighted by Crippen LogP contribution is -2.54. The zero-order valence-electron chi connectivity index (χ0n) is 14.5. The van der Waals surface area contributed by atoms with Gasteiger partial charge >= 0.3 is 6.09 Å². The highest BCUT2D eigenvalue weighted by Gasteiger charge is 2.35. The second-order valence-electron chi connectivity index (χ2n) is 7.80. The summed E-state index contributed by atoms with van der Waals surface area (Å²) in [5, 5.41) is 5.79. The Morgan fingerprint density at radius 3 is 2.27 bits per heavy atom. The first-order valence-electron chi connectivity index (χ1n) is 7.74. The van der Waals surface area contributed by atoms with Gasteiger partial charge in [-0.2, -0.15) is 0 Å². The summed E-state index contributed by atoms with van der Waals surface area (Å²) in [6.07, 6.45) is 3.29. The molecule has 0 bridgehead atoms. The first kappa shape index (κ1) is 19.2. The van der Waals surface area contributed by atoms with Crippen LogP contribution in [0.15, 0.2) is 0 Å². The Morgan fingerprint density at radius 1 is 1.18 bits per heavy atom. The van der Waals surface area contributed by atoms with Crippen LogP contribution in [0.2, 0.25) is 0 Å². The highest BCUT2D eigenvalue weighted by Crippen LogP contribution is 2.25. The fourth-order valence-electron chi connectivity index (χ4n) is 2.68. The van der Waals surface area contributed by atoms with E-state index in [1.807, 2.05) is 34.6 Å². The minimum absolute atomic E-state index is 0.0466. The van der Waals surface area contributed by atoms with Gasteiger partial charge in [-0.25, -0.2) is 13.2 Å². The molecular weight excluding hydrogens is 304 g/mol. The fourth-order valence-corrected chi connectivity index (χ4v) is 4.11. The Morgan fingerprint density at radius 2 is 1.77 bits per heavy atom. The predicted molar refractivity (Wildman–Crippen MR) is 87.7 cm³/mol. The lowest BCUT2D eigenvalue weighted by atomic mass is 10.1. The molecule has 0 spiro atoms. The van der Waals surface area contributed by atoms with Crippen LogP contribution in [0.5, 0.6) is 0 Å². The van der Waals surface area contributed by atoms with Crippen LogP contribution in [0.4, 0.5) is 4.79 Å². The SMILES string of the molecule is CC(C)(CNC1CCCC1S(C)(=O)=O)NC(=O)OC(C)(C)C. The number of nitrogens with one attached hydrogen (secondary N) is 2. The van der Waals surface area contributed by atoms with Gasteiger partial charge in [0.15, 0.2) is 9.84 Å². The molecule has 1 rings (SSSR count). The van der Waals surface area contributed by atoms with E-state index >= 15 is 0 Å². The van der Waals surface area contributed by atoms with Gasteiger partial charge in [0.25, 0.3) is 0 Å². The molecule has 0 aromatic heterocycles. The summed E-state index contributed by atoms with van der Waals surface area (Å²) in [6, 6.07) is -0.0466. The Labute approximate surface area is 134 Å². The van der Waals surface area contributed by atoms with Crippen molar-refractivity contribution in [2.45, 2.75) is 76.3 Å². The average molecular weight is 334 g/mol. The van der Waals surface area contributed by atoms with Crippen molar-refractivity contribution in [2.75, 3.05) is 12.8 Å². The maximum Gasteiger partial charge on any atom is 0.408 e. The molecule has 2 unspecified atom stereocenters. The molecule has 7 heteroatoms. The van der Waals surface area contributed by atoms with E-state index in [1.165, 1.54) is 6.26 Å². The lowest BCUT2D eigenvalue weighted by Gasteiger charge is -2.31. The molecule has 6 nitrogen and oxygen atoms in total. The third kappa shape index (κ3) is 6.52. The summed E-state index contributed by atoms with van der Waals surface area (Å²) in [5.74, 6) is 0. The molecule has 0 aliphatic heterocycles. The Kier molecular flexibility index (Phi) is 5.89. The molecule has 130 valence electrons. The lowest BCUT2D eigenvalue weighted by molar-refractivity contribution is 0.0470. The summed E-state index contributed by atoms with van der Waals surface area (Å²) in [5.41, 5.74) is -1.06. The van der Waals surface area contributed by atoms with Crippen LogP contribution in [-0.4, -0.2) is 49.7 Å². The molecular formula is C15H30N2O4S. The fraction of sp³-hybridized carbons (Fsp3) is 0.933. The number of ether oxygens (including phenoxy) is 1. The predicted octanol–water partition coefficient (Wildman–Crippen LogP) is 1.85. The number of alkyl carbamates (subject to hydrolysis) is 1. The minimum atomic E-state index is -3.04. The van der Waals surface area contributed by atoms with Gasteiger partial charge < -0.3 is 15.4 Å². The molecule has 2 atom stereocenters. The molecule has 1 aliphatic carbocycles. The maximum absolute atomic E-state index is 11.8. The number of sulfone groups is 1. The quantitative estimate of drug-likeness (QED) is 0.801. The molecule has 22 heavy (non-hydrogen) atoms. The van der Waals surface area contributed by atoms with Gasteiger partial charge in [-0.3, -0.25) is 0 Å². The molecule has 2 N–H and O–H groups in total. The Hall–Kier alpha value is -0.820. The standard InChI is InChI=1S/C15H30N2O4S/c1-14(2,3)21-13(18)17-15(4,5)10-16-11-8-7-9-12(11)22(6,19)20/h11-12,16H,7-10H2,1-6H3,(H,17,18). The van der Waals surface area contributed by atoms with Crippen molar-refractivity contribution in [3.8, 4) is 0 Å². The summed E-state index contributed by atoms with van der Waals surface area (Å²) in [4.78, 5) is 11.8. The van der Waals surface area contributed by atoms with Gasteiger partial charge in [0.1, 0.15) is 5.60 Å². The van der Waals surface area contributed by atoms with Crippen molar-refractivity contribution < 1.29 is 17.9 Å². The Bertz CT molecular complexity index is 494. The summed E-state index contributed by atoms with van der Waals surface area (Å²) < 4.78 is 28.8. The third-order valence-electron chi connectivity index (χ3n) is 3.65. The Balaban J connectivity index is 2.53. The molecule has 0 radical (unpaired) electrons. The molecule has 1 fully saturated rings. The van der Waals surface area contributed by atoms with E-state index in [9.17, 15) is 13.2 Å². The van der Waals surface area contributed by atoms with Gasteiger partial charge in [0.2, 0.25) is 0 Å². The summed E-state index contributed by atoms with van der Waals surface area (Å²) in [6.45, 7) is 9.69. The highest BCUT2D eigenvalue weighted by atomic mass is 32.2. The van der Waals surface area contributed by atoms with E-state index in [0.29, 0.717) is 13.0 Å². The van der Waals surface area contributed by atoms with Gasteiger partial charge in [-0.15, -0.1) is 0 Å². The van der Waals surface area contributed by atoms with Gasteiger partial charge in [0.05, 0.1) is 10.8 Å². The van der Waals surface area contributed by atoms with Gasteiger partial charge in [-0.1, -0.05) is 6.42 Å². The molecule has 1 saturated carbocycles. The molecule has 1 amide bonds. The average Bonchev–Trinajstić information content (AvgIpc) is 2.70. The number of carbonyl (C=O) groups excluding carboxylic acids is 1.